The van der Waals surface area contributed by atoms with Crippen molar-refractivity contribution >= 4 is 5.69 Å². The van der Waals surface area contributed by atoms with Crippen LogP contribution >= 0.6 is 0 Å². The zero-order valence-corrected chi connectivity index (χ0v) is 13.0. The molecule has 2 aliphatic rings. The van der Waals surface area contributed by atoms with Crippen molar-refractivity contribution in [2.45, 2.75) is 45.3 Å². The summed E-state index contributed by atoms with van der Waals surface area (Å²) in [7, 11) is 2.21. The molecule has 1 N–H and O–H groups in total. The first kappa shape index (κ1) is 13.9. The first-order valence-electron chi connectivity index (χ1n) is 7.93. The van der Waals surface area contributed by atoms with Gasteiger partial charge >= 0.3 is 0 Å². The Kier molecular flexibility index (Phi) is 3.99. The Morgan fingerprint density at radius 2 is 1.95 bits per heavy atom. The number of aryl methyl sites for hydroxylation is 1. The molecule has 20 heavy (non-hydrogen) atoms. The maximum Gasteiger partial charge on any atom is 0.0396 e. The van der Waals surface area contributed by atoms with Gasteiger partial charge in [-0.1, -0.05) is 12.1 Å². The Bertz CT molecular complexity index is 461. The largest absolute Gasteiger partial charge is 0.374 e. The normalized spacial score (nSPS) is 27.4. The first-order chi connectivity index (χ1) is 9.61. The van der Waals surface area contributed by atoms with Crippen LogP contribution < -0.4 is 10.2 Å². The second kappa shape index (κ2) is 5.74. The SMILES string of the molecule is CC1CN(Cc2ccc3c(c2)CCCN3C)CC(C)N1. The van der Waals surface area contributed by atoms with Crippen LogP contribution in [0.25, 0.3) is 0 Å². The van der Waals surface area contributed by atoms with Crippen molar-refractivity contribution in [3.05, 3.63) is 29.3 Å². The number of piperazine rings is 1. The first-order valence-corrected chi connectivity index (χ1v) is 7.93. The highest BCUT2D eigenvalue weighted by atomic mass is 15.2. The third-order valence-corrected chi connectivity index (χ3v) is 4.53. The molecule has 0 radical (unpaired) electrons. The average Bonchev–Trinajstić information content (AvgIpc) is 2.37. The van der Waals surface area contributed by atoms with Gasteiger partial charge in [-0.05, 0) is 43.9 Å². The maximum absolute atomic E-state index is 3.60. The van der Waals surface area contributed by atoms with E-state index >= 15 is 0 Å². The second-order valence-corrected chi connectivity index (χ2v) is 6.65. The van der Waals surface area contributed by atoms with Crippen molar-refractivity contribution in [1.29, 1.82) is 0 Å². The number of nitrogens with one attached hydrogen (secondary N) is 1. The van der Waals surface area contributed by atoms with Gasteiger partial charge in [-0.15, -0.1) is 0 Å². The van der Waals surface area contributed by atoms with E-state index < -0.39 is 0 Å². The number of hydrogen-bond donors (Lipinski definition) is 1. The maximum atomic E-state index is 3.60. The number of benzene rings is 1. The lowest BCUT2D eigenvalue weighted by molar-refractivity contribution is 0.166. The number of hydrogen-bond acceptors (Lipinski definition) is 3. The molecule has 3 heteroatoms. The molecule has 0 spiro atoms. The Balaban J connectivity index is 1.72. The van der Waals surface area contributed by atoms with Crippen molar-refractivity contribution in [3.8, 4) is 0 Å². The van der Waals surface area contributed by atoms with Gasteiger partial charge < -0.3 is 10.2 Å². The van der Waals surface area contributed by atoms with Crippen LogP contribution in [0.5, 0.6) is 0 Å². The molecule has 1 fully saturated rings. The van der Waals surface area contributed by atoms with E-state index in [9.17, 15) is 0 Å². The van der Waals surface area contributed by atoms with E-state index in [1.54, 1.807) is 0 Å². The summed E-state index contributed by atoms with van der Waals surface area (Å²) < 4.78 is 0. The molecule has 0 saturated carbocycles. The van der Waals surface area contributed by atoms with Crippen LogP contribution in [0.4, 0.5) is 5.69 Å². The molecule has 1 saturated heterocycles. The summed E-state index contributed by atoms with van der Waals surface area (Å²) >= 11 is 0. The van der Waals surface area contributed by atoms with E-state index in [-0.39, 0.29) is 0 Å². The number of anilines is 1. The molecule has 0 aromatic heterocycles. The summed E-state index contributed by atoms with van der Waals surface area (Å²) in [6.07, 6.45) is 2.52. The molecular formula is C17H27N3. The fraction of sp³-hybridized carbons (Fsp3) is 0.647. The summed E-state index contributed by atoms with van der Waals surface area (Å²) in [5, 5.41) is 3.60. The van der Waals surface area contributed by atoms with E-state index in [4.69, 9.17) is 0 Å². The smallest absolute Gasteiger partial charge is 0.0396 e. The van der Waals surface area contributed by atoms with Crippen molar-refractivity contribution in [2.75, 3.05) is 31.6 Å². The van der Waals surface area contributed by atoms with Gasteiger partial charge in [0, 0.05) is 51.0 Å². The molecule has 2 atom stereocenters. The second-order valence-electron chi connectivity index (χ2n) is 6.65. The molecule has 0 amide bonds. The molecule has 2 heterocycles. The quantitative estimate of drug-likeness (QED) is 0.891. The number of nitrogens with zero attached hydrogens (tertiary/aromatic N) is 2. The molecule has 3 nitrogen and oxygen atoms in total. The van der Waals surface area contributed by atoms with Gasteiger partial charge in [-0.2, -0.15) is 0 Å². The van der Waals surface area contributed by atoms with Crippen LogP contribution in [0, 0.1) is 0 Å². The molecule has 110 valence electrons. The number of rotatable bonds is 2. The van der Waals surface area contributed by atoms with Gasteiger partial charge in [-0.25, -0.2) is 0 Å². The summed E-state index contributed by atoms with van der Waals surface area (Å²) in [6, 6.07) is 8.27. The van der Waals surface area contributed by atoms with Gasteiger partial charge in [0.25, 0.3) is 0 Å². The van der Waals surface area contributed by atoms with Crippen LogP contribution in [0.3, 0.4) is 0 Å². The summed E-state index contributed by atoms with van der Waals surface area (Å²) in [6.45, 7) is 9.16. The molecular weight excluding hydrogens is 246 g/mol. The zero-order chi connectivity index (χ0) is 14.1. The van der Waals surface area contributed by atoms with Crippen molar-refractivity contribution in [3.63, 3.8) is 0 Å². The summed E-state index contributed by atoms with van der Waals surface area (Å²) in [4.78, 5) is 4.97. The van der Waals surface area contributed by atoms with E-state index in [1.165, 1.54) is 36.2 Å². The summed E-state index contributed by atoms with van der Waals surface area (Å²) in [5.41, 5.74) is 4.44. The van der Waals surface area contributed by atoms with Crippen molar-refractivity contribution in [2.24, 2.45) is 0 Å². The van der Waals surface area contributed by atoms with Crippen LogP contribution in [-0.2, 0) is 13.0 Å². The Hall–Kier alpha value is -1.06. The highest BCUT2D eigenvalue weighted by Crippen LogP contribution is 2.27. The monoisotopic (exact) mass is 273 g/mol. The molecule has 0 bridgehead atoms. The molecule has 1 aromatic rings. The van der Waals surface area contributed by atoms with E-state index in [0.717, 1.165) is 19.6 Å². The van der Waals surface area contributed by atoms with Gasteiger partial charge in [0.1, 0.15) is 0 Å². The Morgan fingerprint density at radius 1 is 1.20 bits per heavy atom. The molecule has 1 aromatic carbocycles. The topological polar surface area (TPSA) is 18.5 Å². The predicted molar refractivity (Wildman–Crippen MR) is 85.4 cm³/mol. The highest BCUT2D eigenvalue weighted by molar-refractivity contribution is 5.56. The van der Waals surface area contributed by atoms with Gasteiger partial charge in [0.15, 0.2) is 0 Å². The third kappa shape index (κ3) is 2.99. The minimum atomic E-state index is 0.600. The van der Waals surface area contributed by atoms with Gasteiger partial charge in [-0.3, -0.25) is 4.90 Å². The predicted octanol–water partition coefficient (Wildman–Crippen LogP) is 2.25. The number of fused-ring (bicyclic) bond motifs is 1. The lowest BCUT2D eigenvalue weighted by Crippen LogP contribution is -2.53. The zero-order valence-electron chi connectivity index (χ0n) is 13.0. The fourth-order valence-corrected chi connectivity index (χ4v) is 3.76. The van der Waals surface area contributed by atoms with Crippen molar-refractivity contribution in [1.82, 2.24) is 10.2 Å². The van der Waals surface area contributed by atoms with E-state index in [2.05, 4.69) is 54.2 Å². The van der Waals surface area contributed by atoms with Crippen LogP contribution in [0.2, 0.25) is 0 Å². The van der Waals surface area contributed by atoms with E-state index in [0.29, 0.717) is 12.1 Å². The van der Waals surface area contributed by atoms with Crippen LogP contribution in [-0.4, -0.2) is 43.7 Å². The minimum Gasteiger partial charge on any atom is -0.374 e. The van der Waals surface area contributed by atoms with Gasteiger partial charge in [0.2, 0.25) is 0 Å². The van der Waals surface area contributed by atoms with E-state index in [1.807, 2.05) is 0 Å². The lowest BCUT2D eigenvalue weighted by atomic mass is 9.99. The van der Waals surface area contributed by atoms with Crippen LogP contribution in [0.15, 0.2) is 18.2 Å². The average molecular weight is 273 g/mol. The third-order valence-electron chi connectivity index (χ3n) is 4.53. The Morgan fingerprint density at radius 3 is 2.70 bits per heavy atom. The molecule has 2 aliphatic heterocycles. The highest BCUT2D eigenvalue weighted by Gasteiger charge is 2.21. The molecule has 3 rings (SSSR count). The van der Waals surface area contributed by atoms with Gasteiger partial charge in [0.05, 0.1) is 0 Å². The lowest BCUT2D eigenvalue weighted by Gasteiger charge is -2.36. The minimum absolute atomic E-state index is 0.600. The molecule has 0 aliphatic carbocycles. The summed E-state index contributed by atoms with van der Waals surface area (Å²) in [5.74, 6) is 0. The fourth-order valence-electron chi connectivity index (χ4n) is 3.76. The standard InChI is InChI=1S/C17H27N3/c1-13-10-20(11-14(2)18-13)12-15-6-7-17-16(9-15)5-4-8-19(17)3/h6-7,9,13-14,18H,4-5,8,10-12H2,1-3H3. The van der Waals surface area contributed by atoms with Crippen molar-refractivity contribution < 1.29 is 0 Å². The Labute approximate surface area is 123 Å². The molecule has 2 unspecified atom stereocenters. The van der Waals surface area contributed by atoms with Crippen LogP contribution in [0.1, 0.15) is 31.4 Å².